The summed E-state index contributed by atoms with van der Waals surface area (Å²) in [6.07, 6.45) is 2.51. The Labute approximate surface area is 599 Å². The van der Waals surface area contributed by atoms with Crippen molar-refractivity contribution < 1.29 is 90.9 Å². The van der Waals surface area contributed by atoms with Gasteiger partial charge in [0.05, 0.1) is 36.8 Å². The Morgan fingerprint density at radius 2 is 0.724 bits per heavy atom. The third-order valence-electron chi connectivity index (χ3n) is 11.6. The summed E-state index contributed by atoms with van der Waals surface area (Å²) < 4.78 is 13.7. The van der Waals surface area contributed by atoms with Crippen LogP contribution in [0, 0.1) is 0 Å². The van der Waals surface area contributed by atoms with Crippen molar-refractivity contribution >= 4 is 142 Å². The van der Waals surface area contributed by atoms with E-state index in [1.807, 2.05) is 60.2 Å². The number of Topliss-reactive ketones (excluding diaryl/α,β-unsaturated/α-hetero) is 5. The quantitative estimate of drug-likeness (QED) is 0.0127. The zero-order valence-corrected chi connectivity index (χ0v) is 64.4. The molecule has 11 amide bonds. The Kier molecular flexibility index (Phi) is 76.8. The van der Waals surface area contributed by atoms with Crippen molar-refractivity contribution in [3.63, 3.8) is 0 Å². The highest BCUT2D eigenvalue weighted by molar-refractivity contribution is 8.01. The fourth-order valence-electron chi connectivity index (χ4n) is 6.34. The maximum Gasteiger partial charge on any atom is 0.408 e. The normalized spacial score (nSPS) is 12.9. The number of nitrogens with one attached hydrogen (secondary N) is 9. The lowest BCUT2D eigenvalue weighted by Gasteiger charge is -2.13. The highest BCUT2D eigenvalue weighted by Gasteiger charge is 2.40. The van der Waals surface area contributed by atoms with Crippen LogP contribution in [0.2, 0.25) is 0 Å². The number of amides is 11. The number of hydrogen-bond donors (Lipinski definition) is 9. The summed E-state index contributed by atoms with van der Waals surface area (Å²) in [4.78, 5) is 178. The van der Waals surface area contributed by atoms with E-state index in [9.17, 15) is 76.7 Å². The summed E-state index contributed by atoms with van der Waals surface area (Å²) in [5.41, 5.74) is 0. The van der Waals surface area contributed by atoms with Crippen molar-refractivity contribution in [2.75, 3.05) is 127 Å². The van der Waals surface area contributed by atoms with Crippen molar-refractivity contribution in [3.05, 3.63) is 0 Å². The number of carbonyl (C=O) groups excluding carboxylic acids is 16. The smallest absolute Gasteiger partial charge is 0.408 e. The minimum absolute atomic E-state index is 0.00838. The molecule has 9 N–H and O–H groups in total. The van der Waals surface area contributed by atoms with Gasteiger partial charge < -0.3 is 62.1 Å². The fraction of sp³-hybridized carbons (Fsp3) is 0.750. The van der Waals surface area contributed by atoms with E-state index in [4.69, 9.17) is 0 Å². The van der Waals surface area contributed by atoms with Crippen molar-refractivity contribution in [1.82, 2.24) is 57.7 Å². The number of rotatable bonds is 40. The molecule has 0 aromatic carbocycles. The Morgan fingerprint density at radius 3 is 1.10 bits per heavy atom. The van der Waals surface area contributed by atoms with Crippen molar-refractivity contribution in [3.8, 4) is 0 Å². The number of hydrogen-bond acceptors (Lipinski definition) is 25. The third kappa shape index (κ3) is 65.6. The molecule has 0 spiro atoms. The molecule has 0 radical (unpaired) electrons. The standard InChI is InChI=1S/C10H16N2O3S.C10H15NO3S.C8H17N3O3.C8H16N2O3.C7H13NO3.C7H13NO2.C7H15NOS.C7H14OS/c1-3-11-8(13)6-12-9(14)5-7(10(12)15)16-4-2;1-3-7(12)6-11-9(13)5-8(10(11)14)15-4-2;1-3-9-6-11-8(13)14-5-7(12)10-4-2;1-3-7(11)5-13-8(12)10-6-9-4-2;1-3-6(9)5-11-7(10)8-4-2;1-3-6(9)5-7(10)8-4-2;1-3-8-7(9)5-6-10-4-2;1-3-7(8)5-6-9-4-2/h7H,3-6H2,1-2H3,(H,11,13);8H,3-6H2,1-2H3;9H,3-6H2,1-2H3,(H,10,12)(H,11,13);9H,3-6H2,1-2H3,(H,10,12);3-5H2,1-2H3,(H,8,10);3-5H2,1-2H3,(H,8,10);3-6H2,1-2H3,(H,8,9);3-6H2,1-2H3. The van der Waals surface area contributed by atoms with Crippen LogP contribution < -0.4 is 47.9 Å². The lowest BCUT2D eigenvalue weighted by molar-refractivity contribution is -0.142. The highest BCUT2D eigenvalue weighted by Crippen LogP contribution is 2.25. The summed E-state index contributed by atoms with van der Waals surface area (Å²) in [5, 5.41) is 22.9. The van der Waals surface area contributed by atoms with Crippen LogP contribution >= 0.6 is 47.0 Å². The number of thioether (sulfide) groups is 4. The Morgan fingerprint density at radius 1 is 0.367 bits per heavy atom. The van der Waals surface area contributed by atoms with E-state index in [1.165, 1.54) is 23.5 Å². The van der Waals surface area contributed by atoms with Gasteiger partial charge in [-0.05, 0) is 70.7 Å². The van der Waals surface area contributed by atoms with Crippen LogP contribution in [-0.4, -0.2) is 241 Å². The van der Waals surface area contributed by atoms with Gasteiger partial charge in [0.2, 0.25) is 41.4 Å². The van der Waals surface area contributed by atoms with Crippen molar-refractivity contribution in [2.24, 2.45) is 0 Å². The molecule has 0 aromatic heterocycles. The van der Waals surface area contributed by atoms with Crippen LogP contribution in [-0.2, 0) is 76.5 Å². The molecular formula is C64H119N11O19S4. The summed E-state index contributed by atoms with van der Waals surface area (Å²) in [7, 11) is 0. The SMILES string of the molecule is CCNC(=O)CC(=O)CC.CCNC(=O)CCSCC.CCNC(=O)CN1C(=O)CC(SCC)C1=O.CCNC(=O)OCC(=O)CC.CCNCNC(=O)OCC(=O)CC.CCNCNC(=O)OCC(=O)NCC.CCSC1CC(=O)N(CC(=O)CC)C1=O.CCSCCC(=O)CC. The van der Waals surface area contributed by atoms with E-state index in [0.29, 0.717) is 83.8 Å². The second kappa shape index (κ2) is 73.4. The summed E-state index contributed by atoms with van der Waals surface area (Å²) in [5.74, 6) is 4.43. The predicted molar refractivity (Wildman–Crippen MR) is 389 cm³/mol. The van der Waals surface area contributed by atoms with Crippen LogP contribution in [0.25, 0.3) is 0 Å². The number of carbonyl (C=O) groups is 16. The summed E-state index contributed by atoms with van der Waals surface area (Å²) in [6, 6.07) is 0. The highest BCUT2D eigenvalue weighted by atomic mass is 32.2. The lowest BCUT2D eigenvalue weighted by Crippen LogP contribution is -2.40. The molecule has 30 nitrogen and oxygen atoms in total. The van der Waals surface area contributed by atoms with E-state index in [2.05, 4.69) is 75.9 Å². The van der Waals surface area contributed by atoms with E-state index >= 15 is 0 Å². The molecule has 98 heavy (non-hydrogen) atoms. The second-order valence-electron chi connectivity index (χ2n) is 19.5. The molecule has 34 heteroatoms. The minimum atomic E-state index is -0.600. The molecule has 0 bridgehead atoms. The molecule has 2 aliphatic heterocycles. The van der Waals surface area contributed by atoms with Gasteiger partial charge in [0.1, 0.15) is 18.1 Å². The monoisotopic (exact) mass is 1470 g/mol. The van der Waals surface area contributed by atoms with Crippen molar-refractivity contribution in [2.45, 2.75) is 185 Å². The molecule has 0 saturated carbocycles. The van der Waals surface area contributed by atoms with Crippen LogP contribution in [0.1, 0.15) is 175 Å². The number of alkyl carbamates (subject to hydrolysis) is 3. The average Bonchev–Trinajstić information content (AvgIpc) is 1.71. The molecule has 2 unspecified atom stereocenters. The molecule has 568 valence electrons. The topological polar surface area (TPSA) is 416 Å². The molecule has 2 saturated heterocycles. The summed E-state index contributed by atoms with van der Waals surface area (Å²) in [6.45, 7) is 34.3. The first-order valence-electron chi connectivity index (χ1n) is 33.5. The molecule has 2 heterocycles. The number of likely N-dealkylation sites (N-methyl/N-ethyl adjacent to an activating group) is 2. The maximum atomic E-state index is 11.7. The fourth-order valence-corrected chi connectivity index (χ4v) is 9.49. The van der Waals surface area contributed by atoms with Crippen LogP contribution in [0.15, 0.2) is 0 Å². The van der Waals surface area contributed by atoms with Crippen LogP contribution in [0.5, 0.6) is 0 Å². The maximum absolute atomic E-state index is 11.7. The van der Waals surface area contributed by atoms with Crippen LogP contribution in [0.3, 0.4) is 0 Å². The molecule has 2 atom stereocenters. The van der Waals surface area contributed by atoms with E-state index in [0.717, 1.165) is 70.4 Å². The van der Waals surface area contributed by atoms with E-state index < -0.39 is 18.3 Å². The number of likely N-dealkylation sites (tertiary alicyclic amines) is 2. The first-order chi connectivity index (χ1) is 46.6. The number of ether oxygens (including phenoxy) is 3. The van der Waals surface area contributed by atoms with E-state index in [-0.39, 0.29) is 133 Å². The minimum Gasteiger partial charge on any atom is -0.442 e. The predicted octanol–water partition coefficient (Wildman–Crippen LogP) is 5.10. The molecule has 2 rings (SSSR count). The molecule has 0 aliphatic carbocycles. The van der Waals surface area contributed by atoms with Gasteiger partial charge in [0.15, 0.2) is 37.2 Å². The number of imide groups is 2. The molecular weight excluding hydrogens is 1360 g/mol. The zero-order valence-electron chi connectivity index (χ0n) is 61.2. The lowest BCUT2D eigenvalue weighted by atomic mass is 10.2. The Bertz CT molecular complexity index is 2310. The Hall–Kier alpha value is -6.36. The van der Waals surface area contributed by atoms with Gasteiger partial charge in [-0.15, -0.1) is 23.5 Å². The largest absolute Gasteiger partial charge is 0.442 e. The summed E-state index contributed by atoms with van der Waals surface area (Å²) >= 11 is 6.55. The zero-order chi connectivity index (χ0) is 76.1. The van der Waals surface area contributed by atoms with Gasteiger partial charge in [-0.1, -0.05) is 76.2 Å². The van der Waals surface area contributed by atoms with Gasteiger partial charge in [-0.3, -0.25) is 72.1 Å². The molecule has 2 aliphatic rings. The average molecular weight is 1470 g/mol. The van der Waals surface area contributed by atoms with E-state index in [1.54, 1.807) is 60.2 Å². The molecule has 0 aromatic rings. The van der Waals surface area contributed by atoms with Crippen LogP contribution in [0.4, 0.5) is 14.4 Å². The Balaban J connectivity index is -0.000000249. The number of nitrogens with zero attached hydrogens (tertiary/aromatic N) is 2. The van der Waals surface area contributed by atoms with Gasteiger partial charge in [0.25, 0.3) is 5.91 Å². The van der Waals surface area contributed by atoms with Gasteiger partial charge >= 0.3 is 18.3 Å². The number of ketones is 5. The first-order valence-corrected chi connectivity index (χ1v) is 37.9. The van der Waals surface area contributed by atoms with Gasteiger partial charge in [-0.25, -0.2) is 14.4 Å². The van der Waals surface area contributed by atoms with Crippen molar-refractivity contribution in [1.29, 1.82) is 0 Å². The third-order valence-corrected chi connectivity index (χ3v) is 15.6. The second-order valence-corrected chi connectivity index (χ2v) is 25.2. The van der Waals surface area contributed by atoms with Gasteiger partial charge in [-0.2, -0.15) is 23.5 Å². The van der Waals surface area contributed by atoms with Gasteiger partial charge in [0, 0.05) is 102 Å². The first kappa shape index (κ1) is 103. The molecule has 2 fully saturated rings.